The summed E-state index contributed by atoms with van der Waals surface area (Å²) in [5.74, 6) is -0.470. The highest BCUT2D eigenvalue weighted by Gasteiger charge is 2.17. The second-order valence-corrected chi connectivity index (χ2v) is 7.59. The molecule has 0 unspecified atom stereocenters. The van der Waals surface area contributed by atoms with Gasteiger partial charge >= 0.3 is 0 Å². The summed E-state index contributed by atoms with van der Waals surface area (Å²) in [6.07, 6.45) is 7.90. The van der Waals surface area contributed by atoms with E-state index in [1.54, 1.807) is 6.08 Å². The smallest absolute Gasteiger partial charge is 0.221 e. The number of carbonyl (C=O) groups is 2. The molecule has 0 saturated heterocycles. The summed E-state index contributed by atoms with van der Waals surface area (Å²) in [6, 6.07) is 6.36. The lowest BCUT2D eigenvalue weighted by Gasteiger charge is -2.25. The number of nitrogens with one attached hydrogen (secondary N) is 1. The van der Waals surface area contributed by atoms with Gasteiger partial charge in [-0.25, -0.2) is 4.99 Å². The zero-order valence-corrected chi connectivity index (χ0v) is 18.3. The highest BCUT2D eigenvalue weighted by Crippen LogP contribution is 2.27. The third kappa shape index (κ3) is 6.41. The molecule has 1 aromatic carbocycles. The number of rotatable bonds is 9. The van der Waals surface area contributed by atoms with Crippen molar-refractivity contribution in [3.05, 3.63) is 47.2 Å². The Kier molecular flexibility index (Phi) is 8.37. The number of amides is 1. The maximum absolute atomic E-state index is 12.1. The van der Waals surface area contributed by atoms with E-state index in [0.717, 1.165) is 29.9 Å². The number of nitrogens with zero attached hydrogens (tertiary/aromatic N) is 2. The fraction of sp³-hybridized carbons (Fsp3) is 0.458. The van der Waals surface area contributed by atoms with E-state index in [1.165, 1.54) is 44.4 Å². The maximum Gasteiger partial charge on any atom is 0.221 e. The molecule has 1 N–H and O–H groups in total. The van der Waals surface area contributed by atoms with Gasteiger partial charge in [0.2, 0.25) is 11.7 Å². The van der Waals surface area contributed by atoms with Gasteiger partial charge in [0, 0.05) is 25.7 Å². The zero-order chi connectivity index (χ0) is 21.4. The first-order valence-corrected chi connectivity index (χ1v) is 10.5. The van der Waals surface area contributed by atoms with E-state index in [0.29, 0.717) is 5.71 Å². The summed E-state index contributed by atoms with van der Waals surface area (Å²) in [6.45, 7) is 11.9. The monoisotopic (exact) mass is 395 g/mol. The van der Waals surface area contributed by atoms with Crippen molar-refractivity contribution >= 4 is 28.8 Å². The Bertz CT molecular complexity index is 842. The molecule has 1 aromatic rings. The Labute approximate surface area is 174 Å². The van der Waals surface area contributed by atoms with E-state index in [1.807, 2.05) is 13.0 Å². The molecule has 0 atom stereocenters. The molecule has 0 aromatic heterocycles. The summed E-state index contributed by atoms with van der Waals surface area (Å²) in [4.78, 5) is 30.6. The van der Waals surface area contributed by atoms with Crippen LogP contribution in [0.3, 0.4) is 0 Å². The second kappa shape index (κ2) is 10.7. The van der Waals surface area contributed by atoms with Gasteiger partial charge in [-0.15, -0.1) is 0 Å². The number of anilines is 1. The van der Waals surface area contributed by atoms with E-state index in [4.69, 9.17) is 4.99 Å². The average Bonchev–Trinajstić information content (AvgIpc) is 2.67. The fourth-order valence-electron chi connectivity index (χ4n) is 3.24. The lowest BCUT2D eigenvalue weighted by atomic mass is 10.0. The molecule has 1 aliphatic rings. The number of hydrogen-bond donors (Lipinski definition) is 1. The first kappa shape index (κ1) is 22.6. The number of allylic oxidation sites excluding steroid dienone is 3. The van der Waals surface area contributed by atoms with E-state index >= 15 is 0 Å². The van der Waals surface area contributed by atoms with Crippen molar-refractivity contribution in [1.29, 1.82) is 0 Å². The SMILES string of the molecule is CCCCN(CCCC)c1ccc(N=C2C=C(NC(C)=O)C(=O)C=C2C)c(C)c1. The topological polar surface area (TPSA) is 61.8 Å². The summed E-state index contributed by atoms with van der Waals surface area (Å²) >= 11 is 0. The first-order chi connectivity index (χ1) is 13.8. The van der Waals surface area contributed by atoms with Crippen LogP contribution in [0, 0.1) is 6.92 Å². The van der Waals surface area contributed by atoms with Gasteiger partial charge in [-0.3, -0.25) is 9.59 Å². The summed E-state index contributed by atoms with van der Waals surface area (Å²) in [7, 11) is 0. The summed E-state index contributed by atoms with van der Waals surface area (Å²) in [5, 5.41) is 2.59. The van der Waals surface area contributed by atoms with Crippen molar-refractivity contribution in [2.24, 2.45) is 4.99 Å². The van der Waals surface area contributed by atoms with Crippen LogP contribution in [0.5, 0.6) is 0 Å². The zero-order valence-electron chi connectivity index (χ0n) is 18.3. The molecule has 0 aliphatic heterocycles. The molecular weight excluding hydrogens is 362 g/mol. The lowest BCUT2D eigenvalue weighted by molar-refractivity contribution is -0.120. The molecular formula is C24H33N3O2. The van der Waals surface area contributed by atoms with Gasteiger partial charge in [-0.05, 0) is 68.2 Å². The number of unbranched alkanes of at least 4 members (excludes halogenated alkanes) is 2. The second-order valence-electron chi connectivity index (χ2n) is 7.59. The predicted octanol–water partition coefficient (Wildman–Crippen LogP) is 5.02. The average molecular weight is 396 g/mol. The van der Waals surface area contributed by atoms with Crippen LogP contribution in [0.2, 0.25) is 0 Å². The number of aliphatic imine (C=N–C) groups is 1. The van der Waals surface area contributed by atoms with Crippen molar-refractivity contribution in [3.8, 4) is 0 Å². The Hall–Kier alpha value is -2.69. The normalized spacial score (nSPS) is 15.2. The van der Waals surface area contributed by atoms with Crippen molar-refractivity contribution in [3.63, 3.8) is 0 Å². The molecule has 0 bridgehead atoms. The number of hydrogen-bond acceptors (Lipinski definition) is 4. The maximum atomic E-state index is 12.1. The summed E-state index contributed by atoms with van der Waals surface area (Å²) in [5.41, 5.74) is 4.94. The summed E-state index contributed by atoms with van der Waals surface area (Å²) < 4.78 is 0. The Morgan fingerprint density at radius 2 is 1.72 bits per heavy atom. The van der Waals surface area contributed by atoms with Crippen LogP contribution in [-0.4, -0.2) is 30.5 Å². The van der Waals surface area contributed by atoms with Crippen molar-refractivity contribution in [1.82, 2.24) is 5.32 Å². The largest absolute Gasteiger partial charge is 0.372 e. The van der Waals surface area contributed by atoms with E-state index in [-0.39, 0.29) is 17.4 Å². The van der Waals surface area contributed by atoms with Crippen LogP contribution in [0.4, 0.5) is 11.4 Å². The molecule has 0 saturated carbocycles. The molecule has 0 radical (unpaired) electrons. The van der Waals surface area contributed by atoms with Crippen LogP contribution in [0.1, 0.15) is 58.9 Å². The number of ketones is 1. The van der Waals surface area contributed by atoms with Gasteiger partial charge in [0.25, 0.3) is 0 Å². The highest BCUT2D eigenvalue weighted by molar-refractivity contribution is 6.22. The Balaban J connectivity index is 2.30. The quantitative estimate of drug-likeness (QED) is 0.597. The van der Waals surface area contributed by atoms with Crippen LogP contribution >= 0.6 is 0 Å². The Morgan fingerprint density at radius 3 is 2.28 bits per heavy atom. The molecule has 1 aliphatic carbocycles. The van der Waals surface area contributed by atoms with Crippen LogP contribution in [0.15, 0.2) is 46.6 Å². The van der Waals surface area contributed by atoms with Crippen molar-refractivity contribution in [2.75, 3.05) is 18.0 Å². The van der Waals surface area contributed by atoms with Crippen LogP contribution in [-0.2, 0) is 9.59 Å². The molecule has 0 heterocycles. The molecule has 1 amide bonds. The first-order valence-electron chi connectivity index (χ1n) is 10.5. The van der Waals surface area contributed by atoms with Gasteiger partial charge in [-0.2, -0.15) is 0 Å². The number of aryl methyl sites for hydroxylation is 1. The van der Waals surface area contributed by atoms with E-state index in [2.05, 4.69) is 43.1 Å². The minimum Gasteiger partial charge on any atom is -0.372 e. The molecule has 2 rings (SSSR count). The molecule has 5 nitrogen and oxygen atoms in total. The fourth-order valence-corrected chi connectivity index (χ4v) is 3.24. The third-order valence-corrected chi connectivity index (χ3v) is 4.96. The van der Waals surface area contributed by atoms with Gasteiger partial charge in [0.15, 0.2) is 0 Å². The number of benzene rings is 1. The number of carbonyl (C=O) groups excluding carboxylic acids is 2. The van der Waals surface area contributed by atoms with Gasteiger partial charge < -0.3 is 10.2 Å². The van der Waals surface area contributed by atoms with Crippen molar-refractivity contribution < 1.29 is 9.59 Å². The molecule has 156 valence electrons. The van der Waals surface area contributed by atoms with E-state index < -0.39 is 0 Å². The van der Waals surface area contributed by atoms with Gasteiger partial charge in [-0.1, -0.05) is 26.7 Å². The van der Waals surface area contributed by atoms with Crippen LogP contribution < -0.4 is 10.2 Å². The highest BCUT2D eigenvalue weighted by atomic mass is 16.2. The van der Waals surface area contributed by atoms with Gasteiger partial charge in [0.1, 0.15) is 0 Å². The molecule has 0 spiro atoms. The third-order valence-electron chi connectivity index (χ3n) is 4.96. The van der Waals surface area contributed by atoms with E-state index in [9.17, 15) is 9.59 Å². The van der Waals surface area contributed by atoms with Gasteiger partial charge in [0.05, 0.1) is 17.1 Å². The molecule has 29 heavy (non-hydrogen) atoms. The standard InChI is InChI=1S/C24H33N3O2/c1-6-8-12-27(13-9-7-2)20-10-11-21(17(3)14-20)26-22-16-23(25-19(5)28)24(29)15-18(22)4/h10-11,14-16H,6-9,12-13H2,1-5H3,(H,25,28). The minimum atomic E-state index is -0.267. The molecule has 0 fully saturated rings. The van der Waals surface area contributed by atoms with Crippen LogP contribution in [0.25, 0.3) is 0 Å². The molecule has 5 heteroatoms. The van der Waals surface area contributed by atoms with Crippen molar-refractivity contribution in [2.45, 2.75) is 60.3 Å². The lowest BCUT2D eigenvalue weighted by Crippen LogP contribution is -2.27. The Morgan fingerprint density at radius 1 is 1.07 bits per heavy atom. The predicted molar refractivity (Wildman–Crippen MR) is 121 cm³/mol. The minimum absolute atomic E-state index is 0.203.